The number of para-hydroxylation sites is 1. The highest BCUT2D eigenvalue weighted by molar-refractivity contribution is 5.93. The Morgan fingerprint density at radius 3 is 2.52 bits per heavy atom. The largest absolute Gasteiger partial charge is 0.340 e. The fraction of sp³-hybridized carbons (Fsp3) is 0.333. The minimum Gasteiger partial charge on any atom is -0.340 e. The smallest absolute Gasteiger partial charge is 0.272 e. The molecule has 2 aliphatic heterocycles. The molecule has 0 saturated carbocycles. The molecule has 2 fully saturated rings. The molecule has 2 unspecified atom stereocenters. The molecular formula is C18H20N4O. The van der Waals surface area contributed by atoms with E-state index in [1.807, 2.05) is 47.4 Å². The average molecular weight is 308 g/mol. The molecule has 5 nitrogen and oxygen atoms in total. The molecule has 118 valence electrons. The summed E-state index contributed by atoms with van der Waals surface area (Å²) in [6.07, 6.45) is 0. The molecule has 0 bridgehead atoms. The molecule has 3 heterocycles. The number of hydrogen-bond acceptors (Lipinski definition) is 4. The van der Waals surface area contributed by atoms with Gasteiger partial charge in [0.25, 0.3) is 5.91 Å². The number of carbonyl (C=O) groups is 1. The van der Waals surface area contributed by atoms with Crippen LogP contribution in [0.25, 0.3) is 0 Å². The summed E-state index contributed by atoms with van der Waals surface area (Å²) in [4.78, 5) is 19.1. The molecule has 23 heavy (non-hydrogen) atoms. The van der Waals surface area contributed by atoms with E-state index in [1.54, 1.807) is 6.07 Å². The number of hydrogen-bond donors (Lipinski definition) is 2. The van der Waals surface area contributed by atoms with Gasteiger partial charge in [-0.05, 0) is 36.1 Å². The Labute approximate surface area is 135 Å². The van der Waals surface area contributed by atoms with Gasteiger partial charge in [0.1, 0.15) is 11.5 Å². The van der Waals surface area contributed by atoms with Gasteiger partial charge in [-0.3, -0.25) is 4.79 Å². The van der Waals surface area contributed by atoms with Crippen LogP contribution in [0.2, 0.25) is 0 Å². The summed E-state index contributed by atoms with van der Waals surface area (Å²) in [6.45, 7) is 3.73. The van der Waals surface area contributed by atoms with Crippen molar-refractivity contribution in [3.05, 3.63) is 54.2 Å². The van der Waals surface area contributed by atoms with E-state index in [0.29, 0.717) is 23.3 Å². The average Bonchev–Trinajstić information content (AvgIpc) is 3.17. The molecule has 4 rings (SSSR count). The van der Waals surface area contributed by atoms with Gasteiger partial charge in [0.2, 0.25) is 0 Å². The highest BCUT2D eigenvalue weighted by Crippen LogP contribution is 2.27. The maximum absolute atomic E-state index is 12.7. The fourth-order valence-electron chi connectivity index (χ4n) is 3.48. The number of aromatic nitrogens is 1. The number of nitrogens with zero attached hydrogens (tertiary/aromatic N) is 2. The van der Waals surface area contributed by atoms with Gasteiger partial charge >= 0.3 is 0 Å². The number of benzene rings is 1. The lowest BCUT2D eigenvalue weighted by Gasteiger charge is -2.17. The summed E-state index contributed by atoms with van der Waals surface area (Å²) < 4.78 is 0. The highest BCUT2D eigenvalue weighted by Gasteiger charge is 2.38. The van der Waals surface area contributed by atoms with Crippen molar-refractivity contribution in [2.24, 2.45) is 11.8 Å². The van der Waals surface area contributed by atoms with Crippen LogP contribution in [0.5, 0.6) is 0 Å². The van der Waals surface area contributed by atoms with E-state index in [0.717, 1.165) is 31.9 Å². The summed E-state index contributed by atoms with van der Waals surface area (Å²) in [7, 11) is 0. The molecule has 2 saturated heterocycles. The lowest BCUT2D eigenvalue weighted by Crippen LogP contribution is -2.32. The Morgan fingerprint density at radius 2 is 1.78 bits per heavy atom. The summed E-state index contributed by atoms with van der Waals surface area (Å²) in [5.74, 6) is 1.94. The maximum atomic E-state index is 12.7. The van der Waals surface area contributed by atoms with Crippen LogP contribution in [0.15, 0.2) is 48.5 Å². The summed E-state index contributed by atoms with van der Waals surface area (Å²) >= 11 is 0. The zero-order chi connectivity index (χ0) is 15.6. The van der Waals surface area contributed by atoms with Crippen LogP contribution < -0.4 is 10.6 Å². The molecule has 0 aliphatic carbocycles. The molecule has 2 atom stereocenters. The van der Waals surface area contributed by atoms with E-state index < -0.39 is 0 Å². The third-order valence-corrected chi connectivity index (χ3v) is 4.69. The Bertz CT molecular complexity index is 691. The van der Waals surface area contributed by atoms with Crippen molar-refractivity contribution in [2.45, 2.75) is 0 Å². The maximum Gasteiger partial charge on any atom is 0.272 e. The second-order valence-corrected chi connectivity index (χ2v) is 6.29. The Kier molecular flexibility index (Phi) is 3.71. The summed E-state index contributed by atoms with van der Waals surface area (Å²) in [5.41, 5.74) is 1.48. The van der Waals surface area contributed by atoms with Crippen molar-refractivity contribution in [3.8, 4) is 0 Å². The van der Waals surface area contributed by atoms with Gasteiger partial charge < -0.3 is 15.5 Å². The first-order valence-corrected chi connectivity index (χ1v) is 8.09. The number of likely N-dealkylation sites (tertiary alicyclic amines) is 1. The monoisotopic (exact) mass is 308 g/mol. The zero-order valence-corrected chi connectivity index (χ0v) is 12.9. The number of pyridine rings is 1. The molecule has 0 spiro atoms. The van der Waals surface area contributed by atoms with Crippen molar-refractivity contribution in [2.75, 3.05) is 31.5 Å². The van der Waals surface area contributed by atoms with Crippen molar-refractivity contribution < 1.29 is 4.79 Å². The molecule has 2 aliphatic rings. The number of nitrogens with one attached hydrogen (secondary N) is 2. The number of carbonyl (C=O) groups excluding carboxylic acids is 1. The van der Waals surface area contributed by atoms with Crippen LogP contribution in [0, 0.1) is 11.8 Å². The molecule has 1 aromatic heterocycles. The first-order valence-electron chi connectivity index (χ1n) is 8.09. The lowest BCUT2D eigenvalue weighted by atomic mass is 10.0. The normalized spacial score (nSPS) is 22.9. The second kappa shape index (κ2) is 6.01. The zero-order valence-electron chi connectivity index (χ0n) is 12.9. The van der Waals surface area contributed by atoms with Crippen LogP contribution in [-0.4, -0.2) is 42.0 Å². The fourth-order valence-corrected chi connectivity index (χ4v) is 3.48. The van der Waals surface area contributed by atoms with E-state index in [2.05, 4.69) is 15.6 Å². The minimum atomic E-state index is 0.0381. The van der Waals surface area contributed by atoms with E-state index >= 15 is 0 Å². The van der Waals surface area contributed by atoms with Crippen LogP contribution in [0.1, 0.15) is 10.5 Å². The number of rotatable bonds is 3. The van der Waals surface area contributed by atoms with Gasteiger partial charge in [-0.25, -0.2) is 4.98 Å². The van der Waals surface area contributed by atoms with Crippen LogP contribution in [-0.2, 0) is 0 Å². The highest BCUT2D eigenvalue weighted by atomic mass is 16.2. The lowest BCUT2D eigenvalue weighted by molar-refractivity contribution is 0.0776. The molecule has 5 heteroatoms. The first-order chi connectivity index (χ1) is 11.3. The summed E-state index contributed by atoms with van der Waals surface area (Å²) in [5, 5.41) is 6.63. The first kappa shape index (κ1) is 14.2. The van der Waals surface area contributed by atoms with Gasteiger partial charge in [0.15, 0.2) is 0 Å². The van der Waals surface area contributed by atoms with Crippen LogP contribution in [0.3, 0.4) is 0 Å². The topological polar surface area (TPSA) is 57.3 Å². The summed E-state index contributed by atoms with van der Waals surface area (Å²) in [6, 6.07) is 15.4. The molecular weight excluding hydrogens is 288 g/mol. The second-order valence-electron chi connectivity index (χ2n) is 6.29. The van der Waals surface area contributed by atoms with Gasteiger partial charge in [-0.15, -0.1) is 0 Å². The molecule has 2 aromatic rings. The number of amides is 1. The molecule has 2 N–H and O–H groups in total. The third-order valence-electron chi connectivity index (χ3n) is 4.69. The van der Waals surface area contributed by atoms with Crippen molar-refractivity contribution in [1.82, 2.24) is 15.2 Å². The van der Waals surface area contributed by atoms with E-state index in [9.17, 15) is 4.79 Å². The number of anilines is 2. The quantitative estimate of drug-likeness (QED) is 0.912. The standard InChI is InChI=1S/C18H20N4O/c23-18(22-11-13-9-19-10-14(13)12-22)16-7-4-8-17(21-16)20-15-5-2-1-3-6-15/h1-8,13-14,19H,9-12H2,(H,20,21). The van der Waals surface area contributed by atoms with Crippen molar-refractivity contribution >= 4 is 17.4 Å². The van der Waals surface area contributed by atoms with Gasteiger partial charge in [0.05, 0.1) is 0 Å². The third kappa shape index (κ3) is 2.92. The van der Waals surface area contributed by atoms with Crippen molar-refractivity contribution in [3.63, 3.8) is 0 Å². The van der Waals surface area contributed by atoms with Gasteiger partial charge in [-0.1, -0.05) is 24.3 Å². The Morgan fingerprint density at radius 1 is 1.04 bits per heavy atom. The van der Waals surface area contributed by atoms with E-state index in [1.165, 1.54) is 0 Å². The van der Waals surface area contributed by atoms with Gasteiger partial charge in [0, 0.05) is 31.9 Å². The van der Waals surface area contributed by atoms with Crippen molar-refractivity contribution in [1.29, 1.82) is 0 Å². The van der Waals surface area contributed by atoms with E-state index in [4.69, 9.17) is 0 Å². The van der Waals surface area contributed by atoms with Crippen LogP contribution >= 0.6 is 0 Å². The predicted octanol–water partition coefficient (Wildman–Crippen LogP) is 2.12. The predicted molar refractivity (Wildman–Crippen MR) is 89.7 cm³/mol. The van der Waals surface area contributed by atoms with Gasteiger partial charge in [-0.2, -0.15) is 0 Å². The Hall–Kier alpha value is -2.40. The molecule has 0 radical (unpaired) electrons. The SMILES string of the molecule is O=C(c1cccc(Nc2ccccc2)n1)N1CC2CNCC2C1. The minimum absolute atomic E-state index is 0.0381. The number of fused-ring (bicyclic) bond motifs is 1. The molecule has 1 aromatic carbocycles. The molecule has 1 amide bonds. The van der Waals surface area contributed by atoms with E-state index in [-0.39, 0.29) is 5.91 Å². The Balaban J connectivity index is 1.49. The van der Waals surface area contributed by atoms with Crippen LogP contribution in [0.4, 0.5) is 11.5 Å².